The van der Waals surface area contributed by atoms with Gasteiger partial charge in [0.15, 0.2) is 0 Å². The molecule has 18 heavy (non-hydrogen) atoms. The molecular weight excluding hydrogens is 249 g/mol. The maximum Gasteiger partial charge on any atom is 0.405 e. The van der Waals surface area contributed by atoms with Gasteiger partial charge in [0, 0.05) is 6.54 Å². The lowest BCUT2D eigenvalue weighted by molar-refractivity contribution is -0.122. The third-order valence-corrected chi connectivity index (χ3v) is 2.04. The molecule has 4 nitrogen and oxygen atoms in total. The van der Waals surface area contributed by atoms with Gasteiger partial charge < -0.3 is 15.4 Å². The molecule has 0 bridgehead atoms. The van der Waals surface area contributed by atoms with Gasteiger partial charge in [-0.3, -0.25) is 0 Å². The molecule has 0 spiro atoms. The Hall–Kier alpha value is -1.92. The number of rotatable bonds is 4. The second kappa shape index (κ2) is 6.13. The molecule has 0 unspecified atom stereocenters. The van der Waals surface area contributed by atoms with Gasteiger partial charge in [-0.25, -0.2) is 4.79 Å². The van der Waals surface area contributed by atoms with Crippen LogP contribution in [0, 0.1) is 0 Å². The van der Waals surface area contributed by atoms with Crippen molar-refractivity contribution in [1.29, 1.82) is 0 Å². The highest BCUT2D eigenvalue weighted by atomic mass is 19.4. The summed E-state index contributed by atoms with van der Waals surface area (Å²) in [5.41, 5.74) is 0.733. The third-order valence-electron chi connectivity index (χ3n) is 2.04. The van der Waals surface area contributed by atoms with E-state index in [9.17, 15) is 18.0 Å². The molecule has 1 aromatic rings. The second-order valence-electron chi connectivity index (χ2n) is 3.50. The molecule has 0 heterocycles. The Balaban J connectivity index is 2.38. The predicted molar refractivity (Wildman–Crippen MR) is 59.3 cm³/mol. The number of carbonyl (C=O) groups excluding carboxylic acids is 1. The highest BCUT2D eigenvalue weighted by molar-refractivity contribution is 5.73. The molecule has 0 aromatic heterocycles. The number of benzene rings is 1. The monoisotopic (exact) mass is 262 g/mol. The zero-order valence-electron chi connectivity index (χ0n) is 9.67. The molecule has 0 aliphatic rings. The third kappa shape index (κ3) is 5.42. The lowest BCUT2D eigenvalue weighted by Crippen LogP contribution is -2.40. The maximum absolute atomic E-state index is 11.8. The maximum atomic E-state index is 11.8. The van der Waals surface area contributed by atoms with Gasteiger partial charge in [-0.05, 0) is 17.7 Å². The van der Waals surface area contributed by atoms with E-state index in [0.717, 1.165) is 5.56 Å². The molecule has 1 aromatic carbocycles. The van der Waals surface area contributed by atoms with Gasteiger partial charge in [-0.2, -0.15) is 13.2 Å². The molecule has 0 atom stereocenters. The first-order chi connectivity index (χ1) is 8.40. The van der Waals surface area contributed by atoms with Crippen molar-refractivity contribution in [2.24, 2.45) is 0 Å². The number of halogens is 3. The van der Waals surface area contributed by atoms with Crippen molar-refractivity contribution in [3.8, 4) is 5.75 Å². The van der Waals surface area contributed by atoms with Crippen LogP contribution in [0.1, 0.15) is 5.56 Å². The van der Waals surface area contributed by atoms with Crippen LogP contribution in [0.15, 0.2) is 24.3 Å². The van der Waals surface area contributed by atoms with Gasteiger partial charge in [0.1, 0.15) is 12.3 Å². The van der Waals surface area contributed by atoms with Crippen LogP contribution in [0.2, 0.25) is 0 Å². The van der Waals surface area contributed by atoms with Gasteiger partial charge >= 0.3 is 12.2 Å². The van der Waals surface area contributed by atoms with Crippen LogP contribution in [0.25, 0.3) is 0 Å². The van der Waals surface area contributed by atoms with Gasteiger partial charge in [0.25, 0.3) is 0 Å². The van der Waals surface area contributed by atoms with Crippen molar-refractivity contribution in [3.63, 3.8) is 0 Å². The van der Waals surface area contributed by atoms with Crippen molar-refractivity contribution < 1.29 is 22.7 Å². The highest BCUT2D eigenvalue weighted by Crippen LogP contribution is 2.13. The Morgan fingerprint density at radius 3 is 2.67 bits per heavy atom. The lowest BCUT2D eigenvalue weighted by Gasteiger charge is -2.10. The molecule has 0 saturated heterocycles. The minimum Gasteiger partial charge on any atom is -0.497 e. The Kier molecular flexibility index (Phi) is 4.82. The molecule has 0 aliphatic heterocycles. The van der Waals surface area contributed by atoms with Crippen LogP contribution in [-0.2, 0) is 6.54 Å². The minimum atomic E-state index is -4.41. The van der Waals surface area contributed by atoms with E-state index in [2.05, 4.69) is 5.32 Å². The number of carbonyl (C=O) groups is 1. The van der Waals surface area contributed by atoms with Gasteiger partial charge in [0.2, 0.25) is 0 Å². The standard InChI is InChI=1S/C11H13F3N2O2/c1-18-9-4-2-3-8(5-9)6-15-10(17)16-7-11(12,13)14/h2-5H,6-7H2,1H3,(H2,15,16,17). The topological polar surface area (TPSA) is 50.4 Å². The highest BCUT2D eigenvalue weighted by Gasteiger charge is 2.27. The summed E-state index contributed by atoms with van der Waals surface area (Å²) in [6.07, 6.45) is -4.41. The number of hydrogen-bond donors (Lipinski definition) is 2. The van der Waals surface area contributed by atoms with E-state index in [1.807, 2.05) is 0 Å². The second-order valence-corrected chi connectivity index (χ2v) is 3.50. The summed E-state index contributed by atoms with van der Waals surface area (Å²) in [5.74, 6) is 0.616. The molecule has 1 rings (SSSR count). The van der Waals surface area contributed by atoms with Crippen LogP contribution in [0.4, 0.5) is 18.0 Å². The molecule has 0 fully saturated rings. The summed E-state index contributed by atoms with van der Waals surface area (Å²) < 4.78 is 40.4. The zero-order valence-corrected chi connectivity index (χ0v) is 9.67. The minimum absolute atomic E-state index is 0.126. The van der Waals surface area contributed by atoms with E-state index in [1.54, 1.807) is 29.6 Å². The number of urea groups is 1. The molecule has 0 aliphatic carbocycles. The number of hydrogen-bond acceptors (Lipinski definition) is 2. The van der Waals surface area contributed by atoms with Gasteiger partial charge in [-0.1, -0.05) is 12.1 Å². The zero-order chi connectivity index (χ0) is 13.6. The molecule has 0 radical (unpaired) electrons. The van der Waals surface area contributed by atoms with Gasteiger partial charge in [-0.15, -0.1) is 0 Å². The number of ether oxygens (including phenoxy) is 1. The summed E-state index contributed by atoms with van der Waals surface area (Å²) in [6, 6.07) is 6.00. The fourth-order valence-corrected chi connectivity index (χ4v) is 1.21. The lowest BCUT2D eigenvalue weighted by atomic mass is 10.2. The molecule has 100 valence electrons. The van der Waals surface area contributed by atoms with Crippen molar-refractivity contribution in [2.75, 3.05) is 13.7 Å². The number of methoxy groups -OCH3 is 1. The Morgan fingerprint density at radius 2 is 2.06 bits per heavy atom. The van der Waals surface area contributed by atoms with Crippen LogP contribution >= 0.6 is 0 Å². The van der Waals surface area contributed by atoms with Crippen LogP contribution in [0.5, 0.6) is 5.75 Å². The SMILES string of the molecule is COc1cccc(CNC(=O)NCC(F)(F)F)c1. The largest absolute Gasteiger partial charge is 0.497 e. The Labute approximate surface area is 102 Å². The molecule has 0 saturated carbocycles. The Morgan fingerprint density at radius 1 is 1.33 bits per heavy atom. The van der Waals surface area contributed by atoms with E-state index >= 15 is 0 Å². The van der Waals surface area contributed by atoms with E-state index in [4.69, 9.17) is 4.74 Å². The summed E-state index contributed by atoms with van der Waals surface area (Å²) >= 11 is 0. The van der Waals surface area contributed by atoms with E-state index in [1.165, 1.54) is 7.11 Å². The average Bonchev–Trinajstić information content (AvgIpc) is 2.33. The van der Waals surface area contributed by atoms with Crippen molar-refractivity contribution in [2.45, 2.75) is 12.7 Å². The first kappa shape index (κ1) is 14.1. The molecular formula is C11H13F3N2O2. The van der Waals surface area contributed by atoms with Crippen molar-refractivity contribution in [3.05, 3.63) is 29.8 Å². The fourth-order valence-electron chi connectivity index (χ4n) is 1.21. The van der Waals surface area contributed by atoms with Crippen molar-refractivity contribution in [1.82, 2.24) is 10.6 Å². The summed E-state index contributed by atoms with van der Waals surface area (Å²) in [4.78, 5) is 11.1. The number of nitrogens with one attached hydrogen (secondary N) is 2. The fraction of sp³-hybridized carbons (Fsp3) is 0.364. The van der Waals surface area contributed by atoms with Crippen LogP contribution < -0.4 is 15.4 Å². The van der Waals surface area contributed by atoms with E-state index in [0.29, 0.717) is 5.75 Å². The van der Waals surface area contributed by atoms with Crippen LogP contribution in [-0.4, -0.2) is 25.9 Å². The quantitative estimate of drug-likeness (QED) is 0.872. The first-order valence-electron chi connectivity index (χ1n) is 5.12. The van der Waals surface area contributed by atoms with Crippen LogP contribution in [0.3, 0.4) is 0 Å². The van der Waals surface area contributed by atoms with Crippen molar-refractivity contribution >= 4 is 6.03 Å². The van der Waals surface area contributed by atoms with Gasteiger partial charge in [0.05, 0.1) is 7.11 Å². The average molecular weight is 262 g/mol. The van der Waals surface area contributed by atoms with E-state index in [-0.39, 0.29) is 6.54 Å². The first-order valence-corrected chi connectivity index (χ1v) is 5.12. The molecule has 2 amide bonds. The normalized spacial score (nSPS) is 10.9. The predicted octanol–water partition coefficient (Wildman–Crippen LogP) is 2.06. The summed E-state index contributed by atoms with van der Waals surface area (Å²) in [6.45, 7) is -1.22. The summed E-state index contributed by atoms with van der Waals surface area (Å²) in [5, 5.41) is 4.03. The number of amides is 2. The Bertz CT molecular complexity index is 408. The molecule has 7 heteroatoms. The molecule has 2 N–H and O–H groups in total. The van der Waals surface area contributed by atoms with E-state index < -0.39 is 18.8 Å². The number of alkyl halides is 3. The smallest absolute Gasteiger partial charge is 0.405 e. The summed E-state index contributed by atoms with van der Waals surface area (Å²) in [7, 11) is 1.50.